The number of aryl methyl sites for hydroxylation is 2. The fourth-order valence-electron chi connectivity index (χ4n) is 10.6. The van der Waals surface area contributed by atoms with Gasteiger partial charge in [-0.05, 0) is 134 Å². The van der Waals surface area contributed by atoms with Crippen molar-refractivity contribution in [2.75, 3.05) is 59.4 Å². The number of fused-ring (bicyclic) bond motifs is 4. The third-order valence-corrected chi connectivity index (χ3v) is 15.7. The number of halogens is 1. The number of amides is 1. The van der Waals surface area contributed by atoms with Crippen molar-refractivity contribution in [3.8, 4) is 11.5 Å². The molecule has 19 nitrogen and oxygen atoms in total. The molecule has 392 valence electrons. The maximum absolute atomic E-state index is 12.9. The number of imidazole rings is 1. The molecule has 78 heavy (non-hydrogen) atoms. The van der Waals surface area contributed by atoms with Gasteiger partial charge >= 0.3 is 11.6 Å². The van der Waals surface area contributed by atoms with E-state index in [-0.39, 0.29) is 5.91 Å². The van der Waals surface area contributed by atoms with E-state index in [0.717, 1.165) is 109 Å². The highest BCUT2D eigenvalue weighted by Crippen LogP contribution is 2.34. The Morgan fingerprint density at radius 1 is 0.859 bits per heavy atom. The van der Waals surface area contributed by atoms with Crippen LogP contribution in [-0.4, -0.2) is 125 Å². The highest BCUT2D eigenvalue weighted by molar-refractivity contribution is 14.1. The van der Waals surface area contributed by atoms with Crippen molar-refractivity contribution in [2.24, 2.45) is 7.05 Å². The number of aromatic nitrogens is 11. The Labute approximate surface area is 464 Å². The van der Waals surface area contributed by atoms with Gasteiger partial charge in [0.15, 0.2) is 11.2 Å². The second-order valence-corrected chi connectivity index (χ2v) is 20.7. The van der Waals surface area contributed by atoms with Crippen LogP contribution in [0.3, 0.4) is 0 Å². The fourth-order valence-corrected chi connectivity index (χ4v) is 11.2. The third-order valence-electron chi connectivity index (χ3n) is 14.7. The zero-order chi connectivity index (χ0) is 53.4. The summed E-state index contributed by atoms with van der Waals surface area (Å²) in [5, 5.41) is 12.4. The molecular weight excluding hydrogens is 1090 g/mol. The number of pyridine rings is 3. The fraction of sp³-hybridized carbons (Fsp3) is 0.259. The molecule has 0 aliphatic carbocycles. The van der Waals surface area contributed by atoms with Crippen LogP contribution < -0.4 is 24.8 Å². The second kappa shape index (κ2) is 21.5. The van der Waals surface area contributed by atoms with E-state index in [0.29, 0.717) is 60.9 Å². The van der Waals surface area contributed by atoms with Gasteiger partial charge in [0.05, 0.1) is 52.4 Å². The van der Waals surface area contributed by atoms with Crippen molar-refractivity contribution in [1.82, 2.24) is 58.9 Å². The molecule has 0 spiro atoms. The molecule has 9 heterocycles. The van der Waals surface area contributed by atoms with Crippen LogP contribution in [0.5, 0.6) is 11.5 Å². The number of benzene rings is 3. The van der Waals surface area contributed by atoms with Gasteiger partial charge < -0.3 is 29.7 Å². The molecule has 3 aromatic carbocycles. The molecule has 2 aliphatic heterocycles. The average molecular weight is 1150 g/mol. The van der Waals surface area contributed by atoms with Gasteiger partial charge in [-0.3, -0.25) is 9.69 Å². The number of anilines is 5. The monoisotopic (exact) mass is 1150 g/mol. The number of hydrogen-bond acceptors (Lipinski definition) is 14. The molecular formula is C58H58IN17O2+2. The van der Waals surface area contributed by atoms with Gasteiger partial charge in [-0.15, -0.1) is 0 Å². The summed E-state index contributed by atoms with van der Waals surface area (Å²) in [5.41, 5.74) is 12.0. The van der Waals surface area contributed by atoms with Gasteiger partial charge in [0.25, 0.3) is 11.8 Å². The van der Waals surface area contributed by atoms with Crippen molar-refractivity contribution in [3.63, 3.8) is 0 Å². The molecule has 20 heteroatoms. The molecule has 1 fully saturated rings. The Hall–Kier alpha value is -8.50. The van der Waals surface area contributed by atoms with Gasteiger partial charge in [-0.1, -0.05) is 34.7 Å². The Morgan fingerprint density at radius 3 is 2.58 bits per heavy atom. The normalized spacial score (nSPS) is 15.4. The first kappa shape index (κ1) is 50.3. The van der Waals surface area contributed by atoms with E-state index in [9.17, 15) is 4.79 Å². The molecule has 1 saturated heterocycles. The van der Waals surface area contributed by atoms with Crippen molar-refractivity contribution in [3.05, 3.63) is 157 Å². The van der Waals surface area contributed by atoms with E-state index in [1.807, 2.05) is 72.5 Å². The number of piperazine rings is 1. The van der Waals surface area contributed by atoms with Gasteiger partial charge in [0.1, 0.15) is 48.9 Å². The molecule has 2 aliphatic rings. The summed E-state index contributed by atoms with van der Waals surface area (Å²) in [5.74, 6) is 4.27. The SMILES string of the molecule is C/C=C/C(=O)N1CC[N+](c2ccc3c(n2)c(Nc2ccc(Cc4ccn5ncnc5c4)c(C)c2)nc[n+]3Cc2cc(Nc3ncnc4cnc(N5CCN(CI)C[C@@H]5C)cc34)ccc2Oc2ccc3c(c2)ncn3C)=C(C)C1. The number of hydrogen-bond donors (Lipinski definition) is 2. The standard InChI is InChI=1S/C58H57IN17O2/c1-6-7-55(77)72-19-21-74(39(4)30-72)52-15-13-50-56(69-52)58(68-43-9-8-41(37(2)22-43)23-40-16-17-76-54(24-40)62-34-66-76)65-36-73(50)31-42-25-44(10-14-51(42)78-45-11-12-49-47(26-45)64-35-70(49)5)67-57-46-27-53(60-28-48(46)61-33-63-57)75-20-18-71(32-59)29-38(75)3/h6-17,22,24-28,33-36,38H,18-21,23,29-32H2,1-5H3,(H,61,63,67)/q+1/p+1/b7-6+/t38-/m0/s1. The summed E-state index contributed by atoms with van der Waals surface area (Å²) < 4.78 is 15.8. The number of nitrogens with one attached hydrogen (secondary N) is 2. The largest absolute Gasteiger partial charge is 0.457 e. The highest BCUT2D eigenvalue weighted by atomic mass is 127. The molecule has 0 radical (unpaired) electrons. The number of carbonyl (C=O) groups excluding carboxylic acids is 1. The number of nitrogens with zero attached hydrogens (tertiary/aromatic N) is 15. The minimum Gasteiger partial charge on any atom is -0.457 e. The minimum absolute atomic E-state index is 0.000151. The lowest BCUT2D eigenvalue weighted by molar-refractivity contribution is -0.665. The van der Waals surface area contributed by atoms with Crippen molar-refractivity contribution in [2.45, 2.75) is 46.7 Å². The van der Waals surface area contributed by atoms with Crippen molar-refractivity contribution < 1.29 is 18.7 Å². The molecule has 0 unspecified atom stereocenters. The Kier molecular flexibility index (Phi) is 13.9. The Morgan fingerprint density at radius 2 is 1.73 bits per heavy atom. The molecule has 12 rings (SSSR count). The summed E-state index contributed by atoms with van der Waals surface area (Å²) in [6, 6.07) is 29.2. The molecule has 1 amide bonds. The summed E-state index contributed by atoms with van der Waals surface area (Å²) in [4.78, 5) is 53.4. The first-order valence-corrected chi connectivity index (χ1v) is 27.6. The molecule has 7 aromatic heterocycles. The predicted molar refractivity (Wildman–Crippen MR) is 311 cm³/mol. The molecule has 0 saturated carbocycles. The van der Waals surface area contributed by atoms with Crippen LogP contribution in [0.1, 0.15) is 43.0 Å². The van der Waals surface area contributed by atoms with E-state index >= 15 is 0 Å². The van der Waals surface area contributed by atoms with Crippen LogP contribution >= 0.6 is 22.6 Å². The number of alkyl halides is 1. The third kappa shape index (κ3) is 10.3. The van der Waals surface area contributed by atoms with E-state index in [1.165, 1.54) is 5.56 Å². The maximum Gasteiger partial charge on any atom is 0.324 e. The van der Waals surface area contributed by atoms with E-state index in [2.05, 4.69) is 148 Å². The van der Waals surface area contributed by atoms with Crippen LogP contribution in [-0.2, 0) is 24.8 Å². The number of rotatable bonds is 14. The first-order valence-electron chi connectivity index (χ1n) is 26.0. The first-order chi connectivity index (χ1) is 38.0. The molecule has 10 aromatic rings. The molecule has 1 atom stereocenters. The Balaban J connectivity index is 0.913. The van der Waals surface area contributed by atoms with Gasteiger partial charge in [-0.2, -0.15) is 5.10 Å². The van der Waals surface area contributed by atoms with Crippen LogP contribution in [0.2, 0.25) is 0 Å². The number of ether oxygens (including phenoxy) is 1. The van der Waals surface area contributed by atoms with E-state index in [1.54, 1.807) is 35.6 Å². The molecule has 0 bridgehead atoms. The van der Waals surface area contributed by atoms with E-state index in [4.69, 9.17) is 24.7 Å². The highest BCUT2D eigenvalue weighted by Gasteiger charge is 2.30. The zero-order valence-electron chi connectivity index (χ0n) is 44.0. The predicted octanol–water partition coefficient (Wildman–Crippen LogP) is 8.84. The van der Waals surface area contributed by atoms with Crippen LogP contribution in [0, 0.1) is 6.92 Å². The molecule has 2 N–H and O–H groups in total. The average Bonchev–Trinajstić information content (AvgIpc) is 4.14. The summed E-state index contributed by atoms with van der Waals surface area (Å²) >= 11 is 2.44. The number of allylic oxidation sites excluding steroid dienone is 1. The topological polar surface area (TPSA) is 179 Å². The van der Waals surface area contributed by atoms with Gasteiger partial charge in [-0.25, -0.2) is 38.6 Å². The van der Waals surface area contributed by atoms with Crippen LogP contribution in [0.4, 0.5) is 34.6 Å². The lowest BCUT2D eigenvalue weighted by Gasteiger charge is -2.39. The van der Waals surface area contributed by atoms with Gasteiger partial charge in [0, 0.05) is 73.4 Å². The quantitative estimate of drug-likeness (QED) is 0.0347. The van der Waals surface area contributed by atoms with Crippen molar-refractivity contribution in [1.29, 1.82) is 0 Å². The number of carbonyl (C=O) groups is 1. The lowest BCUT2D eigenvalue weighted by Crippen LogP contribution is -2.51. The van der Waals surface area contributed by atoms with E-state index < -0.39 is 0 Å². The summed E-state index contributed by atoms with van der Waals surface area (Å²) in [7, 11) is 1.98. The lowest BCUT2D eigenvalue weighted by atomic mass is 10.0. The minimum atomic E-state index is 0.000151. The summed E-state index contributed by atoms with van der Waals surface area (Å²) in [6.45, 7) is 13.2. The van der Waals surface area contributed by atoms with Gasteiger partial charge in [0.2, 0.25) is 5.91 Å². The zero-order valence-corrected chi connectivity index (χ0v) is 46.2. The van der Waals surface area contributed by atoms with Crippen LogP contribution in [0.15, 0.2) is 135 Å². The second-order valence-electron chi connectivity index (χ2n) is 20.0. The smallest absolute Gasteiger partial charge is 0.324 e. The summed E-state index contributed by atoms with van der Waals surface area (Å²) in [6.07, 6.45) is 14.7. The van der Waals surface area contributed by atoms with Crippen LogP contribution in [0.25, 0.3) is 38.6 Å². The van der Waals surface area contributed by atoms with Crippen molar-refractivity contribution >= 4 is 107 Å². The maximum atomic E-state index is 12.9. The Bertz CT molecular complexity index is 4000.